The minimum absolute atomic E-state index is 0.219. The first-order valence-corrected chi connectivity index (χ1v) is 9.67. The van der Waals surface area contributed by atoms with Gasteiger partial charge in [-0.05, 0) is 25.7 Å². The molecule has 9 nitrogen and oxygen atoms in total. The van der Waals surface area contributed by atoms with Crippen LogP contribution in [0.3, 0.4) is 0 Å². The maximum atomic E-state index is 13.5. The number of halogens is 2. The first kappa shape index (κ1) is 19.5. The van der Waals surface area contributed by atoms with Crippen LogP contribution in [0.5, 0.6) is 0 Å². The zero-order chi connectivity index (χ0) is 20.8. The maximum absolute atomic E-state index is 13.5. The molecule has 2 aliphatic rings. The molecule has 2 fully saturated rings. The van der Waals surface area contributed by atoms with Crippen molar-refractivity contribution in [2.45, 2.75) is 63.3 Å². The minimum Gasteiger partial charge on any atom is -0.310 e. The summed E-state index contributed by atoms with van der Waals surface area (Å²) in [4.78, 5) is 43.0. The summed E-state index contributed by atoms with van der Waals surface area (Å²) in [7, 11) is 0. The summed E-state index contributed by atoms with van der Waals surface area (Å²) in [6.07, 6.45) is 2.76. The van der Waals surface area contributed by atoms with Gasteiger partial charge in [-0.3, -0.25) is 25.2 Å². The van der Waals surface area contributed by atoms with Crippen molar-refractivity contribution in [2.75, 3.05) is 0 Å². The summed E-state index contributed by atoms with van der Waals surface area (Å²) < 4.78 is 28.5. The van der Waals surface area contributed by atoms with Gasteiger partial charge >= 0.3 is 0 Å². The summed E-state index contributed by atoms with van der Waals surface area (Å²) in [6, 6.07) is -0.241. The van der Waals surface area contributed by atoms with E-state index in [1.807, 2.05) is 0 Å². The van der Waals surface area contributed by atoms with Crippen LogP contribution in [0.4, 0.5) is 8.78 Å². The van der Waals surface area contributed by atoms with Crippen LogP contribution in [-0.4, -0.2) is 37.5 Å². The zero-order valence-electron chi connectivity index (χ0n) is 15.9. The minimum atomic E-state index is -2.66. The van der Waals surface area contributed by atoms with Crippen molar-refractivity contribution >= 4 is 22.8 Å². The average molecular weight is 408 g/mol. The molecule has 4 rings (SSSR count). The molecule has 2 aliphatic carbocycles. The highest BCUT2D eigenvalue weighted by Gasteiger charge is 2.40. The molecule has 2 heterocycles. The van der Waals surface area contributed by atoms with E-state index in [-0.39, 0.29) is 55.0 Å². The van der Waals surface area contributed by atoms with Crippen LogP contribution in [0, 0.1) is 5.92 Å². The van der Waals surface area contributed by atoms with Crippen molar-refractivity contribution in [3.8, 4) is 0 Å². The second-order valence-corrected chi connectivity index (χ2v) is 7.83. The Kier molecular flexibility index (Phi) is 4.83. The van der Waals surface area contributed by atoms with Crippen LogP contribution in [0.1, 0.15) is 63.2 Å². The number of hydrazine groups is 1. The highest BCUT2D eigenvalue weighted by atomic mass is 19.3. The Morgan fingerprint density at radius 2 is 1.93 bits per heavy atom. The Morgan fingerprint density at radius 1 is 1.21 bits per heavy atom. The zero-order valence-corrected chi connectivity index (χ0v) is 15.9. The van der Waals surface area contributed by atoms with Gasteiger partial charge in [0.1, 0.15) is 11.2 Å². The number of fused-ring (bicyclic) bond motifs is 1. The summed E-state index contributed by atoms with van der Waals surface area (Å²) in [6.45, 7) is 1.29. The monoisotopic (exact) mass is 408 g/mol. The lowest BCUT2D eigenvalue weighted by molar-refractivity contribution is -0.133. The third kappa shape index (κ3) is 3.73. The molecule has 156 valence electrons. The molecule has 2 atom stereocenters. The van der Waals surface area contributed by atoms with E-state index in [1.54, 1.807) is 4.68 Å². The van der Waals surface area contributed by atoms with E-state index < -0.39 is 11.8 Å². The van der Waals surface area contributed by atoms with Crippen molar-refractivity contribution < 1.29 is 18.4 Å². The molecule has 2 aromatic heterocycles. The molecule has 2 saturated carbocycles. The summed E-state index contributed by atoms with van der Waals surface area (Å²) in [5, 5.41) is 4.53. The Morgan fingerprint density at radius 3 is 2.55 bits per heavy atom. The molecule has 0 aromatic carbocycles. The van der Waals surface area contributed by atoms with Crippen molar-refractivity contribution in [3.05, 3.63) is 22.4 Å². The second kappa shape index (κ2) is 7.20. The van der Waals surface area contributed by atoms with Crippen molar-refractivity contribution in [2.24, 2.45) is 5.92 Å². The molecule has 0 radical (unpaired) electrons. The molecule has 2 aromatic rings. The lowest BCUT2D eigenvalue weighted by Crippen LogP contribution is -2.47. The Labute approximate surface area is 164 Å². The molecule has 11 heteroatoms. The van der Waals surface area contributed by atoms with Gasteiger partial charge in [0.2, 0.25) is 17.7 Å². The quantitative estimate of drug-likeness (QED) is 0.665. The van der Waals surface area contributed by atoms with E-state index in [4.69, 9.17) is 0 Å². The Bertz CT molecular complexity index is 1010. The fourth-order valence-corrected chi connectivity index (χ4v) is 4.05. The molecule has 0 saturated heterocycles. The first-order chi connectivity index (χ1) is 13.7. The van der Waals surface area contributed by atoms with E-state index >= 15 is 0 Å². The lowest BCUT2D eigenvalue weighted by Gasteiger charge is -2.34. The van der Waals surface area contributed by atoms with Gasteiger partial charge in [-0.25, -0.2) is 18.4 Å². The molecule has 2 unspecified atom stereocenters. The predicted molar refractivity (Wildman–Crippen MR) is 98.0 cm³/mol. The van der Waals surface area contributed by atoms with Crippen LogP contribution in [-0.2, 0) is 9.59 Å². The van der Waals surface area contributed by atoms with E-state index in [2.05, 4.69) is 25.9 Å². The number of nitrogens with one attached hydrogen (secondary N) is 3. The van der Waals surface area contributed by atoms with Gasteiger partial charge in [0.15, 0.2) is 5.65 Å². The smallest absolute Gasteiger partial charge is 0.262 e. The number of hydrogen-bond donors (Lipinski definition) is 3. The average Bonchev–Trinajstić information content (AvgIpc) is 3.03. The van der Waals surface area contributed by atoms with Crippen molar-refractivity contribution in [1.82, 2.24) is 30.6 Å². The number of rotatable bonds is 3. The molecule has 0 aliphatic heterocycles. The van der Waals surface area contributed by atoms with Gasteiger partial charge in [-0.15, -0.1) is 0 Å². The van der Waals surface area contributed by atoms with E-state index in [0.29, 0.717) is 29.7 Å². The number of carbonyl (C=O) groups is 2. The van der Waals surface area contributed by atoms with Crippen LogP contribution >= 0.6 is 0 Å². The number of alkyl halides is 2. The van der Waals surface area contributed by atoms with Crippen LogP contribution in [0.2, 0.25) is 0 Å². The third-order valence-electron chi connectivity index (χ3n) is 5.84. The van der Waals surface area contributed by atoms with Gasteiger partial charge in [0.05, 0.1) is 12.2 Å². The number of hydrogen-bond acceptors (Lipinski definition) is 5. The summed E-state index contributed by atoms with van der Waals surface area (Å²) in [5.74, 6) is -3.73. The van der Waals surface area contributed by atoms with Crippen LogP contribution in [0.25, 0.3) is 11.0 Å². The molecular formula is C18H22F2N6O3. The molecule has 3 N–H and O–H groups in total. The van der Waals surface area contributed by atoms with Gasteiger partial charge in [-0.1, -0.05) is 0 Å². The maximum Gasteiger partial charge on any atom is 0.262 e. The molecule has 0 bridgehead atoms. The fraction of sp³-hybridized carbons (Fsp3) is 0.611. The van der Waals surface area contributed by atoms with Gasteiger partial charge in [0.25, 0.3) is 5.56 Å². The molecule has 0 spiro atoms. The number of amides is 2. The number of nitrogens with zero attached hydrogens (tertiary/aromatic N) is 3. The number of aromatic amines is 1. The molecule has 29 heavy (non-hydrogen) atoms. The molecule has 2 amide bonds. The highest BCUT2D eigenvalue weighted by molar-refractivity contribution is 5.83. The van der Waals surface area contributed by atoms with Gasteiger partial charge in [0, 0.05) is 31.6 Å². The summed E-state index contributed by atoms with van der Waals surface area (Å²) in [5.41, 5.74) is 4.59. The topological polar surface area (TPSA) is 122 Å². The largest absolute Gasteiger partial charge is 0.310 e. The summed E-state index contributed by atoms with van der Waals surface area (Å²) >= 11 is 0. The van der Waals surface area contributed by atoms with E-state index in [0.717, 1.165) is 0 Å². The van der Waals surface area contributed by atoms with Gasteiger partial charge in [-0.2, -0.15) is 5.10 Å². The van der Waals surface area contributed by atoms with Crippen molar-refractivity contribution in [3.63, 3.8) is 0 Å². The standard InChI is InChI=1S/C18H22F2N6O3/c1-9(27)24-25-17(29)12-3-2-11(12)14-22-15-13(16(28)23-14)8-21-26(15)10-4-6-18(19,20)7-5-10/h8,10-12H,2-7H2,1H3,(H,24,27)(H,25,29)(H,22,23,28). The lowest BCUT2D eigenvalue weighted by atomic mass is 9.72. The highest BCUT2D eigenvalue weighted by Crippen LogP contribution is 2.42. The van der Waals surface area contributed by atoms with Crippen LogP contribution in [0.15, 0.2) is 11.0 Å². The normalized spacial score (nSPS) is 24.1. The van der Waals surface area contributed by atoms with Crippen LogP contribution < -0.4 is 16.4 Å². The first-order valence-electron chi connectivity index (χ1n) is 9.67. The van der Waals surface area contributed by atoms with E-state index in [1.165, 1.54) is 13.1 Å². The Balaban J connectivity index is 1.59. The Hall–Kier alpha value is -2.85. The number of aromatic nitrogens is 4. The predicted octanol–water partition coefficient (Wildman–Crippen LogP) is 1.53. The van der Waals surface area contributed by atoms with Crippen molar-refractivity contribution in [1.29, 1.82) is 0 Å². The molecular weight excluding hydrogens is 386 g/mol. The second-order valence-electron chi connectivity index (χ2n) is 7.83. The fourth-order valence-electron chi connectivity index (χ4n) is 4.05. The van der Waals surface area contributed by atoms with Gasteiger partial charge < -0.3 is 4.98 Å². The SMILES string of the molecule is CC(=O)NNC(=O)C1CCC1c1nc2c(cnn2C2CCC(F)(F)CC2)c(=O)[nH]1. The number of H-pyrrole nitrogens is 1. The third-order valence-corrected chi connectivity index (χ3v) is 5.84. The van der Waals surface area contributed by atoms with E-state index in [9.17, 15) is 23.2 Å². The number of carbonyl (C=O) groups excluding carboxylic acids is 2.